The van der Waals surface area contributed by atoms with Crippen LogP contribution in [0.4, 0.5) is 0 Å². The molecule has 0 spiro atoms. The van der Waals surface area contributed by atoms with Gasteiger partial charge in [0, 0.05) is 11.4 Å². The van der Waals surface area contributed by atoms with Crippen LogP contribution in [0.3, 0.4) is 0 Å². The van der Waals surface area contributed by atoms with Gasteiger partial charge in [-0.05, 0) is 18.4 Å². The summed E-state index contributed by atoms with van der Waals surface area (Å²) in [7, 11) is 0. The minimum atomic E-state index is -0.518. The quantitative estimate of drug-likeness (QED) is 0.703. The first-order chi connectivity index (χ1) is 7.72. The number of rotatable bonds is 7. The summed E-state index contributed by atoms with van der Waals surface area (Å²) in [4.78, 5) is 1.16. The van der Waals surface area contributed by atoms with E-state index in [2.05, 4.69) is 11.2 Å². The van der Waals surface area contributed by atoms with Gasteiger partial charge in [-0.3, -0.25) is 0 Å². The zero-order valence-corrected chi connectivity index (χ0v) is 10.2. The van der Waals surface area contributed by atoms with E-state index in [-0.39, 0.29) is 6.04 Å². The number of hydrogen-bond acceptors (Lipinski definition) is 4. The normalized spacial score (nSPS) is 14.3. The predicted octanol–water partition coefficient (Wildman–Crippen LogP) is 1.24. The van der Waals surface area contributed by atoms with Gasteiger partial charge < -0.3 is 15.2 Å². The number of hydrogen-bond donors (Lipinski definition) is 2. The molecule has 0 aliphatic heterocycles. The van der Waals surface area contributed by atoms with Crippen LogP contribution in [-0.2, 0) is 11.3 Å². The minimum absolute atomic E-state index is 0.0213. The molecule has 1 aromatic rings. The highest BCUT2D eigenvalue weighted by Gasteiger charge is 2.05. The molecular formula is C12H17NO2S. The van der Waals surface area contributed by atoms with Crippen molar-refractivity contribution >= 4 is 11.3 Å². The van der Waals surface area contributed by atoms with Crippen LogP contribution in [0.25, 0.3) is 0 Å². The van der Waals surface area contributed by atoms with Gasteiger partial charge in [0.25, 0.3) is 0 Å². The van der Waals surface area contributed by atoms with E-state index in [9.17, 15) is 5.11 Å². The highest BCUT2D eigenvalue weighted by Crippen LogP contribution is 2.09. The van der Waals surface area contributed by atoms with E-state index < -0.39 is 6.10 Å². The molecule has 3 nitrogen and oxygen atoms in total. The van der Waals surface area contributed by atoms with E-state index in [1.54, 1.807) is 11.3 Å². The third-order valence-corrected chi connectivity index (χ3v) is 2.89. The summed E-state index contributed by atoms with van der Waals surface area (Å²) in [5.74, 6) is 2.54. The van der Waals surface area contributed by atoms with Crippen LogP contribution in [0, 0.1) is 12.3 Å². The third-order valence-electron chi connectivity index (χ3n) is 2.04. The molecule has 0 saturated heterocycles. The second-order valence-corrected chi connectivity index (χ2v) is 4.58. The second-order valence-electron chi connectivity index (χ2n) is 3.54. The van der Waals surface area contributed by atoms with Gasteiger partial charge in [0.15, 0.2) is 0 Å². The maximum absolute atomic E-state index is 9.57. The standard InChI is InChI=1S/C12H17NO2S/c1-3-10(2)13-7-11(14)8-15-9-12-5-4-6-16-12/h1,4-6,10-11,13-14H,7-9H2,2H3. The molecule has 2 N–H and O–H groups in total. The Morgan fingerprint density at radius 2 is 2.50 bits per heavy atom. The Kier molecular flexibility index (Phi) is 6.12. The number of aliphatic hydroxyl groups is 1. The molecule has 16 heavy (non-hydrogen) atoms. The number of nitrogens with one attached hydrogen (secondary N) is 1. The highest BCUT2D eigenvalue weighted by atomic mass is 32.1. The first-order valence-corrected chi connectivity index (χ1v) is 6.08. The van der Waals surface area contributed by atoms with Crippen molar-refractivity contribution in [3.05, 3.63) is 22.4 Å². The van der Waals surface area contributed by atoms with Crippen molar-refractivity contribution in [3.8, 4) is 12.3 Å². The van der Waals surface area contributed by atoms with E-state index >= 15 is 0 Å². The molecule has 0 aromatic carbocycles. The fourth-order valence-electron chi connectivity index (χ4n) is 1.12. The molecule has 88 valence electrons. The van der Waals surface area contributed by atoms with E-state index in [0.717, 1.165) is 4.88 Å². The zero-order chi connectivity index (χ0) is 11.8. The van der Waals surface area contributed by atoms with Gasteiger partial charge in [-0.1, -0.05) is 12.0 Å². The first kappa shape index (κ1) is 13.2. The number of ether oxygens (including phenoxy) is 1. The van der Waals surface area contributed by atoms with Crippen molar-refractivity contribution < 1.29 is 9.84 Å². The molecule has 0 fully saturated rings. The number of aliphatic hydroxyl groups excluding tert-OH is 1. The topological polar surface area (TPSA) is 41.5 Å². The molecule has 2 unspecified atom stereocenters. The molecule has 1 aromatic heterocycles. The van der Waals surface area contributed by atoms with Crippen molar-refractivity contribution in [3.63, 3.8) is 0 Å². The van der Waals surface area contributed by atoms with Crippen LogP contribution < -0.4 is 5.32 Å². The Morgan fingerprint density at radius 3 is 3.12 bits per heavy atom. The zero-order valence-electron chi connectivity index (χ0n) is 9.35. The molecule has 0 bridgehead atoms. The molecule has 4 heteroatoms. The van der Waals surface area contributed by atoms with Gasteiger partial charge in [-0.25, -0.2) is 0 Å². The van der Waals surface area contributed by atoms with Crippen LogP contribution in [0.2, 0.25) is 0 Å². The summed E-state index contributed by atoms with van der Waals surface area (Å²) in [6.07, 6.45) is 4.68. The lowest BCUT2D eigenvalue weighted by Crippen LogP contribution is -2.35. The minimum Gasteiger partial charge on any atom is -0.389 e. The molecule has 0 saturated carbocycles. The van der Waals surface area contributed by atoms with E-state index in [0.29, 0.717) is 19.8 Å². The van der Waals surface area contributed by atoms with Crippen LogP contribution in [-0.4, -0.2) is 30.4 Å². The SMILES string of the molecule is C#CC(C)NCC(O)COCc1cccs1. The Morgan fingerprint density at radius 1 is 1.69 bits per heavy atom. The average molecular weight is 239 g/mol. The molecule has 0 radical (unpaired) electrons. The van der Waals surface area contributed by atoms with Crippen molar-refractivity contribution in [2.24, 2.45) is 0 Å². The number of terminal acetylenes is 1. The van der Waals surface area contributed by atoms with Gasteiger partial charge in [0.2, 0.25) is 0 Å². The summed E-state index contributed by atoms with van der Waals surface area (Å²) < 4.78 is 5.37. The average Bonchev–Trinajstić information content (AvgIpc) is 2.79. The lowest BCUT2D eigenvalue weighted by atomic mass is 10.3. The van der Waals surface area contributed by atoms with Gasteiger partial charge in [-0.2, -0.15) is 0 Å². The van der Waals surface area contributed by atoms with Gasteiger partial charge >= 0.3 is 0 Å². The Bertz CT molecular complexity index is 318. The fraction of sp³-hybridized carbons (Fsp3) is 0.500. The van der Waals surface area contributed by atoms with Gasteiger partial charge in [0.1, 0.15) is 0 Å². The largest absolute Gasteiger partial charge is 0.389 e. The molecule has 0 aliphatic carbocycles. The molecule has 2 atom stereocenters. The Labute approximate surface area is 100 Å². The Hall–Kier alpha value is -0.860. The monoisotopic (exact) mass is 239 g/mol. The van der Waals surface area contributed by atoms with Crippen molar-refractivity contribution in [1.82, 2.24) is 5.32 Å². The van der Waals surface area contributed by atoms with Gasteiger partial charge in [-0.15, -0.1) is 17.8 Å². The maximum Gasteiger partial charge on any atom is 0.0898 e. The van der Waals surface area contributed by atoms with E-state index in [1.165, 1.54) is 0 Å². The molecule has 1 rings (SSSR count). The van der Waals surface area contributed by atoms with Crippen molar-refractivity contribution in [1.29, 1.82) is 0 Å². The van der Waals surface area contributed by atoms with Crippen LogP contribution >= 0.6 is 11.3 Å². The smallest absolute Gasteiger partial charge is 0.0898 e. The van der Waals surface area contributed by atoms with Crippen LogP contribution in [0.1, 0.15) is 11.8 Å². The van der Waals surface area contributed by atoms with E-state index in [4.69, 9.17) is 11.2 Å². The van der Waals surface area contributed by atoms with Gasteiger partial charge in [0.05, 0.1) is 25.4 Å². The summed E-state index contributed by atoms with van der Waals surface area (Å²) in [6, 6.07) is 3.97. The summed E-state index contributed by atoms with van der Waals surface area (Å²) in [6.45, 7) is 3.21. The lowest BCUT2D eigenvalue weighted by Gasteiger charge is -2.13. The fourth-order valence-corrected chi connectivity index (χ4v) is 1.76. The maximum atomic E-state index is 9.57. The van der Waals surface area contributed by atoms with Crippen LogP contribution in [0.5, 0.6) is 0 Å². The summed E-state index contributed by atoms with van der Waals surface area (Å²) >= 11 is 1.65. The molecule has 0 aliphatic rings. The molecule has 1 heterocycles. The molecular weight excluding hydrogens is 222 g/mol. The summed E-state index contributed by atoms with van der Waals surface area (Å²) in [5, 5.41) is 14.6. The summed E-state index contributed by atoms with van der Waals surface area (Å²) in [5.41, 5.74) is 0. The van der Waals surface area contributed by atoms with Crippen molar-refractivity contribution in [2.75, 3.05) is 13.2 Å². The van der Waals surface area contributed by atoms with Crippen LogP contribution in [0.15, 0.2) is 17.5 Å². The molecule has 0 amide bonds. The van der Waals surface area contributed by atoms with E-state index in [1.807, 2.05) is 24.4 Å². The highest BCUT2D eigenvalue weighted by molar-refractivity contribution is 7.09. The Balaban J connectivity index is 2.07. The lowest BCUT2D eigenvalue weighted by molar-refractivity contribution is 0.0295. The van der Waals surface area contributed by atoms with Crippen molar-refractivity contribution in [2.45, 2.75) is 25.7 Å². The first-order valence-electron chi connectivity index (χ1n) is 5.20. The third kappa shape index (κ3) is 5.29. The number of thiophene rings is 1. The predicted molar refractivity (Wildman–Crippen MR) is 66.3 cm³/mol. The second kappa shape index (κ2) is 7.42.